The van der Waals surface area contributed by atoms with Gasteiger partial charge in [-0.3, -0.25) is 0 Å². The number of rotatable bonds is 17. The largest absolute Gasteiger partial charge is 0.134 e. The molecule has 0 aromatic rings. The molecule has 0 fully saturated rings. The first kappa shape index (κ1) is 23.4. The van der Waals surface area contributed by atoms with E-state index in [0.29, 0.717) is 0 Å². The summed E-state index contributed by atoms with van der Waals surface area (Å²) < 4.78 is 0. The Bertz CT molecular complexity index is 226. The maximum atomic E-state index is 3.26. The first-order chi connectivity index (χ1) is 11.2. The summed E-state index contributed by atoms with van der Waals surface area (Å²) >= 11 is 0. The lowest BCUT2D eigenvalue weighted by atomic mass is 9.79. The van der Waals surface area contributed by atoms with E-state index in [2.05, 4.69) is 36.9 Å². The van der Waals surface area contributed by atoms with Crippen LogP contribution in [-0.2, 0) is 0 Å². The molecular formula is C22H47P. The first-order valence-corrected chi connectivity index (χ1v) is 11.6. The predicted octanol–water partition coefficient (Wildman–Crippen LogP) is 8.39. The van der Waals surface area contributed by atoms with E-state index >= 15 is 0 Å². The molecule has 0 amide bonds. The van der Waals surface area contributed by atoms with Crippen LogP contribution in [0.3, 0.4) is 0 Å². The summed E-state index contributed by atoms with van der Waals surface area (Å²) in [6.45, 7) is 9.40. The van der Waals surface area contributed by atoms with Crippen molar-refractivity contribution in [1.82, 2.24) is 0 Å². The van der Waals surface area contributed by atoms with Gasteiger partial charge in [-0.2, -0.15) is 0 Å². The Hall–Kier alpha value is 0.430. The van der Waals surface area contributed by atoms with Gasteiger partial charge in [-0.05, 0) is 30.3 Å². The molecule has 23 heavy (non-hydrogen) atoms. The third-order valence-electron chi connectivity index (χ3n) is 5.64. The van der Waals surface area contributed by atoms with Crippen LogP contribution >= 0.6 is 9.24 Å². The molecule has 0 bridgehead atoms. The molecule has 0 saturated heterocycles. The van der Waals surface area contributed by atoms with E-state index in [1.807, 2.05) is 0 Å². The summed E-state index contributed by atoms with van der Waals surface area (Å²) in [6.07, 6.45) is 21.4. The van der Waals surface area contributed by atoms with E-state index in [0.717, 1.165) is 17.5 Å². The summed E-state index contributed by atoms with van der Waals surface area (Å²) in [5.41, 5.74) is 0.861. The maximum Gasteiger partial charge on any atom is -0.0233 e. The molecule has 0 aliphatic heterocycles. The lowest BCUT2D eigenvalue weighted by molar-refractivity contribution is 0.258. The molecule has 1 heteroatoms. The van der Waals surface area contributed by atoms with Crippen molar-refractivity contribution in [2.75, 3.05) is 0 Å². The minimum atomic E-state index is 0.861. The van der Waals surface area contributed by atoms with Crippen molar-refractivity contribution >= 4 is 9.24 Å². The average Bonchev–Trinajstić information content (AvgIpc) is 2.56. The van der Waals surface area contributed by atoms with Crippen LogP contribution in [0.25, 0.3) is 0 Å². The van der Waals surface area contributed by atoms with Crippen molar-refractivity contribution in [1.29, 1.82) is 0 Å². The quantitative estimate of drug-likeness (QED) is 0.184. The molecule has 0 N–H and O–H groups in total. The van der Waals surface area contributed by atoms with E-state index in [-0.39, 0.29) is 0 Å². The Labute approximate surface area is 151 Å². The van der Waals surface area contributed by atoms with Gasteiger partial charge in [0, 0.05) is 0 Å². The highest BCUT2D eigenvalue weighted by atomic mass is 31.0. The summed E-state index contributed by atoms with van der Waals surface area (Å²) in [5, 5.41) is 0. The summed E-state index contributed by atoms with van der Waals surface area (Å²) in [5.74, 6) is 1.93. The molecule has 140 valence electrons. The van der Waals surface area contributed by atoms with Gasteiger partial charge in [0.1, 0.15) is 0 Å². The van der Waals surface area contributed by atoms with Crippen LogP contribution in [0.2, 0.25) is 0 Å². The highest BCUT2D eigenvalue weighted by Crippen LogP contribution is 2.35. The van der Waals surface area contributed by atoms with Gasteiger partial charge < -0.3 is 0 Å². The predicted molar refractivity (Wildman–Crippen MR) is 112 cm³/mol. The fraction of sp³-hybridized carbons (Fsp3) is 1.00. The molecule has 0 heterocycles. The van der Waals surface area contributed by atoms with Crippen molar-refractivity contribution in [2.45, 2.75) is 130 Å². The lowest BCUT2D eigenvalue weighted by Crippen LogP contribution is -2.24. The van der Waals surface area contributed by atoms with Crippen LogP contribution in [0.4, 0.5) is 0 Å². The third kappa shape index (κ3) is 12.4. The Morgan fingerprint density at radius 3 is 1.65 bits per heavy atom. The van der Waals surface area contributed by atoms with E-state index < -0.39 is 0 Å². The number of hydrogen-bond donors (Lipinski definition) is 0. The highest BCUT2D eigenvalue weighted by molar-refractivity contribution is 7.17. The molecule has 0 aliphatic rings. The summed E-state index contributed by atoms with van der Waals surface area (Å²) in [7, 11) is 3.26. The van der Waals surface area contributed by atoms with Gasteiger partial charge in [0.15, 0.2) is 0 Å². The molecule has 0 saturated carbocycles. The minimum Gasteiger partial charge on any atom is -0.134 e. The van der Waals surface area contributed by atoms with Crippen LogP contribution in [0, 0.1) is 11.8 Å². The van der Waals surface area contributed by atoms with Gasteiger partial charge in [-0.15, -0.1) is 9.24 Å². The van der Waals surface area contributed by atoms with Crippen LogP contribution in [0.1, 0.15) is 124 Å². The zero-order valence-electron chi connectivity index (χ0n) is 16.9. The molecule has 0 aromatic heterocycles. The number of unbranched alkanes of at least 4 members (excludes halogenated alkanes) is 8. The molecule has 0 spiro atoms. The van der Waals surface area contributed by atoms with Crippen molar-refractivity contribution in [2.24, 2.45) is 11.8 Å². The van der Waals surface area contributed by atoms with Crippen LogP contribution < -0.4 is 0 Å². The Balaban J connectivity index is 4.35. The Morgan fingerprint density at radius 2 is 1.09 bits per heavy atom. The molecule has 0 nitrogen and oxygen atoms in total. The Kier molecular flexibility index (Phi) is 17.6. The molecule has 4 atom stereocenters. The first-order valence-electron chi connectivity index (χ1n) is 11.0. The maximum absolute atomic E-state index is 3.26. The summed E-state index contributed by atoms with van der Waals surface area (Å²) in [4.78, 5) is 0. The van der Waals surface area contributed by atoms with E-state index in [1.54, 1.807) is 0 Å². The second-order valence-electron chi connectivity index (χ2n) is 7.69. The van der Waals surface area contributed by atoms with Crippen molar-refractivity contribution < 1.29 is 0 Å². The molecule has 0 rings (SSSR count). The fourth-order valence-corrected chi connectivity index (χ4v) is 4.73. The van der Waals surface area contributed by atoms with Crippen molar-refractivity contribution in [3.63, 3.8) is 0 Å². The third-order valence-corrected chi connectivity index (χ3v) is 6.47. The van der Waals surface area contributed by atoms with Crippen molar-refractivity contribution in [3.8, 4) is 0 Å². The molecule has 0 aromatic carbocycles. The van der Waals surface area contributed by atoms with Crippen molar-refractivity contribution in [3.05, 3.63) is 0 Å². The van der Waals surface area contributed by atoms with Gasteiger partial charge in [0.05, 0.1) is 0 Å². The monoisotopic (exact) mass is 342 g/mol. The van der Waals surface area contributed by atoms with Gasteiger partial charge in [0.2, 0.25) is 0 Å². The Morgan fingerprint density at radius 1 is 0.565 bits per heavy atom. The fourth-order valence-electron chi connectivity index (χ4n) is 3.99. The van der Waals surface area contributed by atoms with E-state index in [1.165, 1.54) is 96.3 Å². The van der Waals surface area contributed by atoms with Crippen LogP contribution in [-0.4, -0.2) is 5.66 Å². The van der Waals surface area contributed by atoms with Crippen LogP contribution in [0.15, 0.2) is 0 Å². The minimum absolute atomic E-state index is 0.861. The smallest absolute Gasteiger partial charge is 0.0233 e. The standard InChI is InChI=1S/C22H47P/c1-5-9-12-14-16-19-22(23)21(18-15-13-10-6-2)20(8-4)17-11-7-3/h20-22H,5-19,23H2,1-4H3. The molecule has 0 radical (unpaired) electrons. The average molecular weight is 343 g/mol. The zero-order valence-corrected chi connectivity index (χ0v) is 18.1. The highest BCUT2D eigenvalue weighted by Gasteiger charge is 2.24. The topological polar surface area (TPSA) is 0 Å². The van der Waals surface area contributed by atoms with E-state index in [4.69, 9.17) is 0 Å². The SMILES string of the molecule is CCCCCCCC(P)C(CCCCCC)C(CC)CCCC. The second kappa shape index (κ2) is 17.3. The number of hydrogen-bond acceptors (Lipinski definition) is 0. The van der Waals surface area contributed by atoms with Gasteiger partial charge in [-0.25, -0.2) is 0 Å². The lowest BCUT2D eigenvalue weighted by Gasteiger charge is -2.32. The second-order valence-corrected chi connectivity index (χ2v) is 8.55. The molecule has 0 aliphatic carbocycles. The zero-order chi connectivity index (χ0) is 17.3. The van der Waals surface area contributed by atoms with Gasteiger partial charge in [-0.1, -0.05) is 111 Å². The normalized spacial score (nSPS) is 15.5. The van der Waals surface area contributed by atoms with Crippen LogP contribution in [0.5, 0.6) is 0 Å². The van der Waals surface area contributed by atoms with Gasteiger partial charge in [0.25, 0.3) is 0 Å². The molecular weight excluding hydrogens is 295 g/mol. The van der Waals surface area contributed by atoms with E-state index in [9.17, 15) is 0 Å². The van der Waals surface area contributed by atoms with Gasteiger partial charge >= 0.3 is 0 Å². The summed E-state index contributed by atoms with van der Waals surface area (Å²) in [6, 6.07) is 0. The molecule has 4 unspecified atom stereocenters.